The molecule has 0 aromatic carbocycles. The van der Waals surface area contributed by atoms with Crippen molar-refractivity contribution < 1.29 is 4.79 Å². The summed E-state index contributed by atoms with van der Waals surface area (Å²) < 4.78 is 0. The maximum absolute atomic E-state index is 11.8. The Bertz CT molecular complexity index is 444. The summed E-state index contributed by atoms with van der Waals surface area (Å²) in [6.07, 6.45) is 5.38. The third-order valence-electron chi connectivity index (χ3n) is 3.10. The minimum atomic E-state index is -0.172. The maximum atomic E-state index is 11.8. The minimum Gasteiger partial charge on any atom is -0.356 e. The molecule has 0 fully saturated rings. The van der Waals surface area contributed by atoms with Gasteiger partial charge in [-0.15, -0.1) is 6.58 Å². The van der Waals surface area contributed by atoms with E-state index >= 15 is 0 Å². The first-order valence-electron chi connectivity index (χ1n) is 5.77. The molecule has 2 rings (SSSR count). The molecule has 0 saturated heterocycles. The molecule has 4 heteroatoms. The van der Waals surface area contributed by atoms with Crippen LogP contribution in [-0.4, -0.2) is 23.5 Å². The number of fused-ring (bicyclic) bond motifs is 1. The van der Waals surface area contributed by atoms with Crippen LogP contribution in [0.3, 0.4) is 0 Å². The lowest BCUT2D eigenvalue weighted by Crippen LogP contribution is -2.47. The second kappa shape index (κ2) is 4.57. The molecule has 1 amide bonds. The van der Waals surface area contributed by atoms with Crippen molar-refractivity contribution in [2.75, 3.05) is 16.8 Å². The van der Waals surface area contributed by atoms with Crippen LogP contribution in [0.5, 0.6) is 0 Å². The fourth-order valence-electron chi connectivity index (χ4n) is 1.95. The van der Waals surface area contributed by atoms with E-state index < -0.39 is 0 Å². The van der Waals surface area contributed by atoms with Gasteiger partial charge in [-0.25, -0.2) is 0 Å². The zero-order valence-electron chi connectivity index (χ0n) is 10.2. The molecule has 0 saturated carbocycles. The Hall–Kier alpha value is -1.84. The summed E-state index contributed by atoms with van der Waals surface area (Å²) in [4.78, 5) is 18.0. The van der Waals surface area contributed by atoms with Gasteiger partial charge in [-0.3, -0.25) is 9.78 Å². The molecule has 2 heterocycles. The molecule has 2 atom stereocenters. The van der Waals surface area contributed by atoms with Crippen molar-refractivity contribution in [2.45, 2.75) is 19.9 Å². The number of rotatable bonds is 3. The lowest BCUT2D eigenvalue weighted by atomic mass is 10.1. The number of amides is 1. The van der Waals surface area contributed by atoms with Gasteiger partial charge in [0.15, 0.2) is 0 Å². The molecule has 17 heavy (non-hydrogen) atoms. The van der Waals surface area contributed by atoms with Crippen molar-refractivity contribution >= 4 is 17.3 Å². The van der Waals surface area contributed by atoms with Crippen molar-refractivity contribution in [1.29, 1.82) is 0 Å². The number of carbonyl (C=O) groups excluding carboxylic acids is 1. The van der Waals surface area contributed by atoms with E-state index in [1.165, 1.54) is 0 Å². The molecule has 0 bridgehead atoms. The number of hydrogen-bond acceptors (Lipinski definition) is 3. The number of nitrogens with one attached hydrogen (secondary N) is 1. The summed E-state index contributed by atoms with van der Waals surface area (Å²) in [6, 6.07) is 1.65. The summed E-state index contributed by atoms with van der Waals surface area (Å²) in [6.45, 7) is 8.55. The van der Waals surface area contributed by atoms with E-state index in [9.17, 15) is 4.79 Å². The fraction of sp³-hybridized carbons (Fsp3) is 0.385. The Morgan fingerprint density at radius 3 is 3.18 bits per heavy atom. The van der Waals surface area contributed by atoms with Gasteiger partial charge in [-0.2, -0.15) is 0 Å². The van der Waals surface area contributed by atoms with Crippen LogP contribution in [0.4, 0.5) is 11.4 Å². The Kier molecular flexibility index (Phi) is 3.13. The van der Waals surface area contributed by atoms with E-state index in [-0.39, 0.29) is 11.9 Å². The monoisotopic (exact) mass is 231 g/mol. The molecular formula is C13H17N3O. The van der Waals surface area contributed by atoms with Crippen LogP contribution in [0.2, 0.25) is 0 Å². The standard InChI is InChI=1S/C13H17N3O/c1-4-9(2)8-16-10(3)13(17)15-11-5-6-14-7-12(11)16/h4-7,9-10H,1,8H2,2-3H3,(H,15,17). The van der Waals surface area contributed by atoms with E-state index in [0.29, 0.717) is 5.92 Å². The zero-order chi connectivity index (χ0) is 12.4. The third-order valence-corrected chi connectivity index (χ3v) is 3.10. The first-order valence-corrected chi connectivity index (χ1v) is 5.77. The van der Waals surface area contributed by atoms with Gasteiger partial charge >= 0.3 is 0 Å². The zero-order valence-corrected chi connectivity index (χ0v) is 10.2. The lowest BCUT2D eigenvalue weighted by Gasteiger charge is -2.37. The molecule has 1 aliphatic heterocycles. The van der Waals surface area contributed by atoms with Crippen molar-refractivity contribution in [1.82, 2.24) is 4.98 Å². The Labute approximate surface area is 101 Å². The van der Waals surface area contributed by atoms with Gasteiger partial charge in [0, 0.05) is 12.7 Å². The van der Waals surface area contributed by atoms with Gasteiger partial charge in [0.25, 0.3) is 0 Å². The van der Waals surface area contributed by atoms with E-state index in [1.807, 2.05) is 19.1 Å². The van der Waals surface area contributed by atoms with Crippen LogP contribution in [0.1, 0.15) is 13.8 Å². The minimum absolute atomic E-state index is 0.0277. The predicted molar refractivity (Wildman–Crippen MR) is 69.0 cm³/mol. The number of hydrogen-bond donors (Lipinski definition) is 1. The van der Waals surface area contributed by atoms with Gasteiger partial charge in [-0.05, 0) is 18.9 Å². The highest BCUT2D eigenvalue weighted by atomic mass is 16.2. The molecule has 1 aliphatic rings. The molecule has 1 N–H and O–H groups in total. The number of nitrogens with zero attached hydrogens (tertiary/aromatic N) is 2. The topological polar surface area (TPSA) is 45.2 Å². The summed E-state index contributed by atoms with van der Waals surface area (Å²) in [5, 5.41) is 2.88. The Morgan fingerprint density at radius 1 is 1.71 bits per heavy atom. The number of aromatic nitrogens is 1. The summed E-state index contributed by atoms with van der Waals surface area (Å²) >= 11 is 0. The van der Waals surface area contributed by atoms with Gasteiger partial charge in [0.05, 0.1) is 17.6 Å². The second-order valence-electron chi connectivity index (χ2n) is 4.42. The number of carbonyl (C=O) groups is 1. The number of anilines is 2. The first-order chi connectivity index (χ1) is 8.13. The summed E-state index contributed by atoms with van der Waals surface area (Å²) in [5.41, 5.74) is 1.81. The lowest BCUT2D eigenvalue weighted by molar-refractivity contribution is -0.117. The van der Waals surface area contributed by atoms with Crippen molar-refractivity contribution in [3.8, 4) is 0 Å². The smallest absolute Gasteiger partial charge is 0.246 e. The van der Waals surface area contributed by atoms with Gasteiger partial charge < -0.3 is 10.2 Å². The van der Waals surface area contributed by atoms with Gasteiger partial charge in [0.2, 0.25) is 5.91 Å². The van der Waals surface area contributed by atoms with Crippen LogP contribution in [0.25, 0.3) is 0 Å². The quantitative estimate of drug-likeness (QED) is 0.810. The maximum Gasteiger partial charge on any atom is 0.246 e. The summed E-state index contributed by atoms with van der Waals surface area (Å²) in [5.74, 6) is 0.358. The molecule has 90 valence electrons. The molecule has 1 aromatic rings. The molecule has 0 spiro atoms. The normalized spacial score (nSPS) is 20.5. The Morgan fingerprint density at radius 2 is 2.47 bits per heavy atom. The van der Waals surface area contributed by atoms with Crippen molar-refractivity contribution in [3.05, 3.63) is 31.1 Å². The molecule has 0 radical (unpaired) electrons. The molecule has 1 aromatic heterocycles. The first kappa shape index (κ1) is 11.6. The van der Waals surface area contributed by atoms with Crippen LogP contribution in [0, 0.1) is 5.92 Å². The largest absolute Gasteiger partial charge is 0.356 e. The van der Waals surface area contributed by atoms with E-state index in [2.05, 4.69) is 28.7 Å². The van der Waals surface area contributed by atoms with Crippen molar-refractivity contribution in [2.24, 2.45) is 5.92 Å². The SMILES string of the molecule is C=CC(C)CN1c2cnccc2NC(=O)C1C. The highest BCUT2D eigenvalue weighted by molar-refractivity contribution is 6.03. The molecule has 0 aliphatic carbocycles. The molecular weight excluding hydrogens is 214 g/mol. The molecule has 4 nitrogen and oxygen atoms in total. The van der Waals surface area contributed by atoms with Crippen LogP contribution < -0.4 is 10.2 Å². The van der Waals surface area contributed by atoms with Crippen LogP contribution >= 0.6 is 0 Å². The van der Waals surface area contributed by atoms with Gasteiger partial charge in [-0.1, -0.05) is 13.0 Å². The highest BCUT2D eigenvalue weighted by Crippen LogP contribution is 2.31. The van der Waals surface area contributed by atoms with E-state index in [4.69, 9.17) is 0 Å². The van der Waals surface area contributed by atoms with E-state index in [0.717, 1.165) is 17.9 Å². The van der Waals surface area contributed by atoms with Crippen molar-refractivity contribution in [3.63, 3.8) is 0 Å². The Balaban J connectivity index is 2.35. The summed E-state index contributed by atoms with van der Waals surface area (Å²) in [7, 11) is 0. The molecule has 2 unspecified atom stereocenters. The number of pyridine rings is 1. The fourth-order valence-corrected chi connectivity index (χ4v) is 1.95. The van der Waals surface area contributed by atoms with Crippen LogP contribution in [-0.2, 0) is 4.79 Å². The van der Waals surface area contributed by atoms with Crippen LogP contribution in [0.15, 0.2) is 31.1 Å². The second-order valence-corrected chi connectivity index (χ2v) is 4.42. The average Bonchev–Trinajstić information content (AvgIpc) is 2.34. The average molecular weight is 231 g/mol. The highest BCUT2D eigenvalue weighted by Gasteiger charge is 2.29. The predicted octanol–water partition coefficient (Wildman–Crippen LogP) is 2.05. The third kappa shape index (κ3) is 2.16. The van der Waals surface area contributed by atoms with E-state index in [1.54, 1.807) is 12.4 Å². The van der Waals surface area contributed by atoms with Gasteiger partial charge in [0.1, 0.15) is 6.04 Å².